The molecule has 8 heteroatoms. The van der Waals surface area contributed by atoms with Crippen molar-refractivity contribution in [3.05, 3.63) is 66.4 Å². The fraction of sp³-hybridized carbons (Fsp3) is 0.333. The number of carbonyl (C=O) groups excluding carboxylic acids is 1. The molecule has 1 aliphatic carbocycles. The van der Waals surface area contributed by atoms with Crippen molar-refractivity contribution in [3.8, 4) is 11.1 Å². The van der Waals surface area contributed by atoms with Gasteiger partial charge in [0.05, 0.1) is 18.2 Å². The molecule has 8 nitrogen and oxygen atoms in total. The van der Waals surface area contributed by atoms with E-state index in [9.17, 15) is 4.79 Å². The van der Waals surface area contributed by atoms with Gasteiger partial charge in [-0.15, -0.1) is 0 Å². The lowest BCUT2D eigenvalue weighted by Gasteiger charge is -2.39. The number of carbonyl (C=O) groups is 1. The van der Waals surface area contributed by atoms with Crippen LogP contribution in [0.5, 0.6) is 0 Å². The fourth-order valence-electron chi connectivity index (χ4n) is 4.20. The van der Waals surface area contributed by atoms with Gasteiger partial charge in [0.15, 0.2) is 5.82 Å². The van der Waals surface area contributed by atoms with Crippen LogP contribution in [0.1, 0.15) is 30.0 Å². The Morgan fingerprint density at radius 1 is 1.09 bits per heavy atom. The number of amides is 1. The van der Waals surface area contributed by atoms with Gasteiger partial charge in [-0.05, 0) is 31.4 Å². The second-order valence-electron chi connectivity index (χ2n) is 8.89. The van der Waals surface area contributed by atoms with Gasteiger partial charge in [0.2, 0.25) is 5.91 Å². The number of nitrogens with zero attached hydrogens (tertiary/aromatic N) is 6. The van der Waals surface area contributed by atoms with Crippen LogP contribution in [0.2, 0.25) is 0 Å². The number of rotatable bonds is 6. The molecule has 1 aliphatic heterocycles. The molecule has 0 radical (unpaired) electrons. The molecule has 1 saturated heterocycles. The van der Waals surface area contributed by atoms with Crippen LogP contribution in [0.25, 0.3) is 16.6 Å². The lowest BCUT2D eigenvalue weighted by Crippen LogP contribution is -2.54. The number of fused-ring (bicyclic) bond motifs is 1. The first-order valence-corrected chi connectivity index (χ1v) is 11.1. The summed E-state index contributed by atoms with van der Waals surface area (Å²) in [6.45, 7) is 3.94. The monoisotopic (exact) mass is 427 g/mol. The molecule has 6 rings (SSSR count). The van der Waals surface area contributed by atoms with Crippen LogP contribution in [0.3, 0.4) is 0 Å². The molecule has 162 valence electrons. The van der Waals surface area contributed by atoms with E-state index in [2.05, 4.69) is 73.5 Å². The predicted molar refractivity (Wildman–Crippen MR) is 121 cm³/mol. The molecule has 0 spiro atoms. The average Bonchev–Trinajstić information content (AvgIpc) is 3.32. The zero-order valence-electron chi connectivity index (χ0n) is 18.0. The van der Waals surface area contributed by atoms with Crippen LogP contribution in [0.4, 0.5) is 5.82 Å². The third-order valence-electron chi connectivity index (χ3n) is 6.38. The Hall–Kier alpha value is -3.68. The number of aromatic nitrogens is 5. The van der Waals surface area contributed by atoms with Crippen LogP contribution in [0, 0.1) is 12.8 Å². The Balaban J connectivity index is 1.13. The first-order chi connectivity index (χ1) is 15.6. The molecule has 2 aliphatic rings. The quantitative estimate of drug-likeness (QED) is 0.512. The molecular formula is C24H25N7O. The third kappa shape index (κ3) is 3.51. The summed E-state index contributed by atoms with van der Waals surface area (Å²) in [4.78, 5) is 19.2. The minimum Gasteiger partial charge on any atom is -0.353 e. The number of nitrogens with one attached hydrogen (secondary N) is 1. The average molecular weight is 428 g/mol. The standard InChI is InChI=1S/C24H25N7O/c1-16-2-4-17(5-3-16)9-25-24(32)20-11-29(12-20)23-22-8-18(13-31(22)28-15-26-23)19-10-27-30(14-19)21-6-7-21/h2-5,8,10,13-15,20-21H,6-7,9,11-12H2,1H3,(H,25,32). The van der Waals surface area contributed by atoms with Crippen molar-refractivity contribution in [2.75, 3.05) is 18.0 Å². The van der Waals surface area contributed by atoms with Crippen molar-refractivity contribution in [1.29, 1.82) is 0 Å². The highest BCUT2D eigenvalue weighted by atomic mass is 16.2. The molecule has 1 aromatic carbocycles. The number of hydrogen-bond donors (Lipinski definition) is 1. The van der Waals surface area contributed by atoms with Crippen molar-refractivity contribution >= 4 is 17.2 Å². The predicted octanol–water partition coefficient (Wildman–Crippen LogP) is 2.99. The van der Waals surface area contributed by atoms with Gasteiger partial charge >= 0.3 is 0 Å². The summed E-state index contributed by atoms with van der Waals surface area (Å²) in [5, 5.41) is 11.9. The van der Waals surface area contributed by atoms with Gasteiger partial charge in [-0.3, -0.25) is 9.48 Å². The van der Waals surface area contributed by atoms with Gasteiger partial charge in [0, 0.05) is 43.2 Å². The summed E-state index contributed by atoms with van der Waals surface area (Å²) in [6.07, 6.45) is 10.0. The Labute approximate surface area is 185 Å². The van der Waals surface area contributed by atoms with Crippen molar-refractivity contribution in [2.24, 2.45) is 5.92 Å². The Morgan fingerprint density at radius 2 is 1.91 bits per heavy atom. The Kier molecular flexibility index (Phi) is 4.45. The molecule has 4 aromatic rings. The maximum atomic E-state index is 12.6. The Bertz CT molecular complexity index is 1280. The van der Waals surface area contributed by atoms with Gasteiger partial charge < -0.3 is 10.2 Å². The van der Waals surface area contributed by atoms with E-state index in [4.69, 9.17) is 0 Å². The first kappa shape index (κ1) is 19.0. The highest BCUT2D eigenvalue weighted by molar-refractivity contribution is 5.84. The number of benzene rings is 1. The van der Waals surface area contributed by atoms with Crippen molar-refractivity contribution in [1.82, 2.24) is 29.7 Å². The number of anilines is 1. The fourth-order valence-corrected chi connectivity index (χ4v) is 4.20. The summed E-state index contributed by atoms with van der Waals surface area (Å²) >= 11 is 0. The van der Waals surface area contributed by atoms with E-state index >= 15 is 0 Å². The van der Waals surface area contributed by atoms with Gasteiger partial charge in [0.25, 0.3) is 0 Å². The minimum absolute atomic E-state index is 0.0262. The topological polar surface area (TPSA) is 80.3 Å². The van der Waals surface area contributed by atoms with Gasteiger partial charge in [-0.25, -0.2) is 9.50 Å². The molecular weight excluding hydrogens is 402 g/mol. The molecule has 0 atom stereocenters. The minimum atomic E-state index is -0.0262. The van der Waals surface area contributed by atoms with E-state index < -0.39 is 0 Å². The summed E-state index contributed by atoms with van der Waals surface area (Å²) in [7, 11) is 0. The second kappa shape index (κ2) is 7.47. The number of aryl methyl sites for hydroxylation is 1. The van der Waals surface area contributed by atoms with E-state index in [1.165, 1.54) is 18.4 Å². The molecule has 1 saturated carbocycles. The molecule has 0 bridgehead atoms. The maximum Gasteiger partial charge on any atom is 0.226 e. The van der Waals surface area contributed by atoms with E-state index in [0.717, 1.165) is 28.0 Å². The molecule has 0 unspecified atom stereocenters. The lowest BCUT2D eigenvalue weighted by molar-refractivity contribution is -0.125. The molecule has 4 heterocycles. The van der Waals surface area contributed by atoms with Crippen molar-refractivity contribution in [3.63, 3.8) is 0 Å². The second-order valence-corrected chi connectivity index (χ2v) is 8.89. The van der Waals surface area contributed by atoms with E-state index in [1.807, 2.05) is 16.9 Å². The van der Waals surface area contributed by atoms with E-state index in [0.29, 0.717) is 25.7 Å². The highest BCUT2D eigenvalue weighted by Crippen LogP contribution is 2.36. The van der Waals surface area contributed by atoms with Crippen LogP contribution >= 0.6 is 0 Å². The number of hydrogen-bond acceptors (Lipinski definition) is 5. The molecule has 1 N–H and O–H groups in total. The maximum absolute atomic E-state index is 12.6. The highest BCUT2D eigenvalue weighted by Gasteiger charge is 2.34. The molecule has 1 amide bonds. The largest absolute Gasteiger partial charge is 0.353 e. The van der Waals surface area contributed by atoms with Gasteiger partial charge in [-0.1, -0.05) is 29.8 Å². The molecule has 3 aromatic heterocycles. The van der Waals surface area contributed by atoms with Crippen LogP contribution in [-0.4, -0.2) is 43.4 Å². The third-order valence-corrected chi connectivity index (χ3v) is 6.38. The lowest BCUT2D eigenvalue weighted by atomic mass is 9.99. The summed E-state index contributed by atoms with van der Waals surface area (Å²) in [5.74, 6) is 0.931. The van der Waals surface area contributed by atoms with Crippen molar-refractivity contribution < 1.29 is 4.79 Å². The Morgan fingerprint density at radius 3 is 2.69 bits per heavy atom. The van der Waals surface area contributed by atoms with Gasteiger partial charge in [-0.2, -0.15) is 10.2 Å². The summed E-state index contributed by atoms with van der Waals surface area (Å²) in [5.41, 5.74) is 5.44. The van der Waals surface area contributed by atoms with Crippen molar-refractivity contribution in [2.45, 2.75) is 32.4 Å². The van der Waals surface area contributed by atoms with Crippen LogP contribution in [0.15, 0.2) is 55.2 Å². The van der Waals surface area contributed by atoms with Crippen LogP contribution in [-0.2, 0) is 11.3 Å². The summed E-state index contributed by atoms with van der Waals surface area (Å²) < 4.78 is 3.91. The summed E-state index contributed by atoms with van der Waals surface area (Å²) in [6, 6.07) is 10.9. The van der Waals surface area contributed by atoms with Gasteiger partial charge in [0.1, 0.15) is 11.8 Å². The van der Waals surface area contributed by atoms with Crippen LogP contribution < -0.4 is 10.2 Å². The van der Waals surface area contributed by atoms with E-state index in [-0.39, 0.29) is 11.8 Å². The SMILES string of the molecule is Cc1ccc(CNC(=O)C2CN(c3ncnn4cc(-c5cnn(C6CC6)c5)cc34)C2)cc1. The molecule has 32 heavy (non-hydrogen) atoms. The smallest absolute Gasteiger partial charge is 0.226 e. The first-order valence-electron chi connectivity index (χ1n) is 11.1. The molecule has 2 fully saturated rings. The zero-order valence-corrected chi connectivity index (χ0v) is 18.0. The zero-order chi connectivity index (χ0) is 21.7. The van der Waals surface area contributed by atoms with E-state index in [1.54, 1.807) is 6.33 Å². The normalized spacial score (nSPS) is 16.3.